The molecule has 0 atom stereocenters. The fourth-order valence-electron chi connectivity index (χ4n) is 1.02. The highest BCUT2D eigenvalue weighted by Gasteiger charge is 1.88. The predicted molar refractivity (Wildman–Crippen MR) is 55.2 cm³/mol. The molecule has 3 heteroatoms. The first kappa shape index (κ1) is 10.3. The highest BCUT2D eigenvalue weighted by Crippen LogP contribution is 2.06. The van der Waals surface area contributed by atoms with Crippen molar-refractivity contribution in [3.05, 3.63) is 29.8 Å². The van der Waals surface area contributed by atoms with Crippen LogP contribution in [0.4, 0.5) is 0 Å². The van der Waals surface area contributed by atoms with Crippen molar-refractivity contribution in [1.29, 1.82) is 0 Å². The first-order valence-electron chi connectivity index (χ1n) is 4.06. The Kier molecular flexibility index (Phi) is 3.99. The van der Waals surface area contributed by atoms with Crippen LogP contribution in [0.3, 0.4) is 0 Å². The summed E-state index contributed by atoms with van der Waals surface area (Å²) < 4.78 is 16.3. The van der Waals surface area contributed by atoms with Crippen molar-refractivity contribution < 1.29 is 8.95 Å². The normalized spacial score (nSPS) is 13.1. The zero-order chi connectivity index (χ0) is 9.68. The maximum Gasteiger partial charge on any atom is 0.0713 e. The smallest absolute Gasteiger partial charge is 0.0713 e. The van der Waals surface area contributed by atoms with Crippen LogP contribution in [0.2, 0.25) is 0 Å². The van der Waals surface area contributed by atoms with E-state index < -0.39 is 10.4 Å². The molecule has 13 heavy (non-hydrogen) atoms. The Labute approximate surface area is 80.6 Å². The molecule has 0 saturated carbocycles. The summed E-state index contributed by atoms with van der Waals surface area (Å²) in [6.07, 6.45) is 0. The van der Waals surface area contributed by atoms with E-state index in [0.29, 0.717) is 6.61 Å². The third kappa shape index (κ3) is 2.86. The molecule has 0 bridgehead atoms. The van der Waals surface area contributed by atoms with Gasteiger partial charge < -0.3 is 8.95 Å². The summed E-state index contributed by atoms with van der Waals surface area (Å²) in [6, 6.07) is 7.59. The lowest BCUT2D eigenvalue weighted by Gasteiger charge is -2.05. The largest absolute Gasteiger partial charge is 0.457 e. The molecule has 2 nitrogen and oxygen atoms in total. The lowest BCUT2D eigenvalue weighted by Crippen LogP contribution is -1.88. The second-order valence-corrected chi connectivity index (χ2v) is 4.15. The van der Waals surface area contributed by atoms with E-state index >= 15 is 0 Å². The zero-order valence-corrected chi connectivity index (χ0v) is 8.64. The van der Waals surface area contributed by atoms with Crippen molar-refractivity contribution >= 4 is 15.8 Å². The lowest BCUT2D eigenvalue weighted by molar-refractivity contribution is 0.185. The van der Waals surface area contributed by atoms with Crippen molar-refractivity contribution in [3.63, 3.8) is 0 Å². The van der Waals surface area contributed by atoms with Gasteiger partial charge in [-0.3, -0.25) is 0 Å². The number of hydrogen-bond donors (Lipinski definition) is 0. The van der Waals surface area contributed by atoms with Crippen molar-refractivity contribution in [2.45, 2.75) is 18.4 Å². The SMILES string of the molecule is CC=[S-](=O)c1ccc(COC)cc1. The van der Waals surface area contributed by atoms with Crippen LogP contribution < -0.4 is 0 Å². The number of ether oxygens (including phenoxy) is 1. The van der Waals surface area contributed by atoms with Crippen LogP contribution in [-0.4, -0.2) is 12.5 Å². The van der Waals surface area contributed by atoms with E-state index in [4.69, 9.17) is 4.74 Å². The summed E-state index contributed by atoms with van der Waals surface area (Å²) >= 11 is 0. The average molecular weight is 197 g/mol. The monoisotopic (exact) mass is 197 g/mol. The highest BCUT2D eigenvalue weighted by atomic mass is 32.2. The Morgan fingerprint density at radius 3 is 2.46 bits per heavy atom. The van der Waals surface area contributed by atoms with Gasteiger partial charge in [0.2, 0.25) is 0 Å². The third-order valence-corrected chi connectivity index (χ3v) is 2.85. The quantitative estimate of drug-likeness (QED) is 0.547. The summed E-state index contributed by atoms with van der Waals surface area (Å²) in [7, 11) is 0.690. The van der Waals surface area contributed by atoms with Crippen LogP contribution >= 0.6 is 0 Å². The molecule has 0 aliphatic rings. The van der Waals surface area contributed by atoms with Gasteiger partial charge in [-0.15, -0.1) is 4.90 Å². The Balaban J connectivity index is 2.87. The van der Waals surface area contributed by atoms with Crippen molar-refractivity contribution in [1.82, 2.24) is 0 Å². The maximum absolute atomic E-state index is 11.3. The molecule has 0 aromatic heterocycles. The number of methoxy groups -OCH3 is 1. The molecule has 0 N–H and O–H groups in total. The van der Waals surface area contributed by atoms with Gasteiger partial charge in [0.05, 0.1) is 6.61 Å². The molecule has 0 amide bonds. The molecule has 0 fully saturated rings. The molecule has 0 radical (unpaired) electrons. The van der Waals surface area contributed by atoms with Crippen LogP contribution in [0, 0.1) is 0 Å². The van der Waals surface area contributed by atoms with Crippen LogP contribution in [0.1, 0.15) is 12.5 Å². The lowest BCUT2D eigenvalue weighted by atomic mass is 10.2. The van der Waals surface area contributed by atoms with Gasteiger partial charge in [-0.1, -0.05) is 31.2 Å². The first-order valence-corrected chi connectivity index (χ1v) is 5.27. The van der Waals surface area contributed by atoms with Crippen LogP contribution in [0.15, 0.2) is 29.2 Å². The van der Waals surface area contributed by atoms with Gasteiger partial charge in [-0.25, -0.2) is 10.4 Å². The number of rotatable bonds is 3. The molecule has 0 aliphatic heterocycles. The molecular weight excluding hydrogens is 184 g/mol. The molecular formula is C10H13O2S-. The van der Waals surface area contributed by atoms with Gasteiger partial charge in [-0.2, -0.15) is 5.37 Å². The van der Waals surface area contributed by atoms with Crippen molar-refractivity contribution in [3.8, 4) is 0 Å². The summed E-state index contributed by atoms with van der Waals surface area (Å²) in [5, 5.41) is 1.67. The summed E-state index contributed by atoms with van der Waals surface area (Å²) in [5.41, 5.74) is 1.10. The highest BCUT2D eigenvalue weighted by molar-refractivity contribution is 7.83. The molecule has 0 heterocycles. The zero-order valence-electron chi connectivity index (χ0n) is 7.82. The van der Waals surface area contributed by atoms with Crippen LogP contribution in [-0.2, 0) is 25.9 Å². The van der Waals surface area contributed by atoms with Gasteiger partial charge in [0, 0.05) is 7.11 Å². The van der Waals surface area contributed by atoms with Gasteiger partial charge in [0.15, 0.2) is 0 Å². The van der Waals surface area contributed by atoms with E-state index in [0.717, 1.165) is 10.5 Å². The Bertz CT molecular complexity index is 334. The number of benzene rings is 1. The van der Waals surface area contributed by atoms with Gasteiger partial charge in [0.1, 0.15) is 0 Å². The minimum absolute atomic E-state index is 0.600. The van der Waals surface area contributed by atoms with Crippen LogP contribution in [0.5, 0.6) is 0 Å². The van der Waals surface area contributed by atoms with E-state index in [1.165, 1.54) is 0 Å². The topological polar surface area (TPSA) is 26.3 Å². The van der Waals surface area contributed by atoms with E-state index in [1.807, 2.05) is 24.3 Å². The predicted octanol–water partition coefficient (Wildman–Crippen LogP) is 1.98. The second-order valence-electron chi connectivity index (χ2n) is 2.61. The van der Waals surface area contributed by atoms with E-state index in [2.05, 4.69) is 0 Å². The van der Waals surface area contributed by atoms with E-state index in [1.54, 1.807) is 19.4 Å². The summed E-state index contributed by atoms with van der Waals surface area (Å²) in [5.74, 6) is 0. The van der Waals surface area contributed by atoms with Crippen molar-refractivity contribution in [2.75, 3.05) is 7.11 Å². The molecule has 0 saturated heterocycles. The summed E-state index contributed by atoms with van der Waals surface area (Å²) in [4.78, 5) is 0.836. The standard InChI is InChI=1S/C10H13O2S/c1-3-13(11)10-6-4-9(5-7-10)8-12-2/h3-7H,8H2,1-2H3/q-1. The van der Waals surface area contributed by atoms with Crippen molar-refractivity contribution in [2.24, 2.45) is 0 Å². The fourth-order valence-corrected chi connectivity index (χ4v) is 1.70. The average Bonchev–Trinajstić information content (AvgIpc) is 2.18. The minimum atomic E-state index is -0.968. The third-order valence-electron chi connectivity index (χ3n) is 1.68. The van der Waals surface area contributed by atoms with Gasteiger partial charge in [0.25, 0.3) is 0 Å². The Hall–Kier alpha value is -0.800. The van der Waals surface area contributed by atoms with Gasteiger partial charge in [-0.05, 0) is 5.56 Å². The molecule has 0 aliphatic carbocycles. The molecule has 1 rings (SSSR count). The Morgan fingerprint density at radius 2 is 2.00 bits per heavy atom. The molecule has 0 spiro atoms. The minimum Gasteiger partial charge on any atom is -0.457 e. The van der Waals surface area contributed by atoms with Gasteiger partial charge >= 0.3 is 0 Å². The second kappa shape index (κ2) is 5.04. The first-order chi connectivity index (χ1) is 6.27. The Morgan fingerprint density at radius 1 is 1.38 bits per heavy atom. The molecule has 1 aromatic rings. The van der Waals surface area contributed by atoms with Crippen LogP contribution in [0.25, 0.3) is 0 Å². The van der Waals surface area contributed by atoms with E-state index in [-0.39, 0.29) is 0 Å². The van der Waals surface area contributed by atoms with E-state index in [9.17, 15) is 4.21 Å². The summed E-state index contributed by atoms with van der Waals surface area (Å²) in [6.45, 7) is 2.39. The molecule has 1 aromatic carbocycles. The maximum atomic E-state index is 11.3. The fraction of sp³-hybridized carbons (Fsp3) is 0.300. The number of hydrogen-bond acceptors (Lipinski definition) is 3. The molecule has 0 unspecified atom stereocenters. The molecule has 72 valence electrons.